The number of fused-ring (bicyclic) bond motifs is 1. The fourth-order valence-corrected chi connectivity index (χ4v) is 3.73. The molecule has 3 rings (SSSR count). The third-order valence-electron chi connectivity index (χ3n) is 5.39. The van der Waals surface area contributed by atoms with Crippen molar-refractivity contribution < 1.29 is 0 Å². The second kappa shape index (κ2) is 11.6. The van der Waals surface area contributed by atoms with Crippen LogP contribution >= 0.6 is 24.0 Å². The molecule has 156 valence electrons. The lowest BCUT2D eigenvalue weighted by molar-refractivity contribution is 0.223. The van der Waals surface area contributed by atoms with Crippen molar-refractivity contribution in [3.8, 4) is 0 Å². The van der Waals surface area contributed by atoms with Gasteiger partial charge in [0.25, 0.3) is 0 Å². The Hall–Kier alpha value is -1.35. The van der Waals surface area contributed by atoms with Crippen LogP contribution in [0.1, 0.15) is 32.0 Å². The quantitative estimate of drug-likeness (QED) is 0.267. The summed E-state index contributed by atoms with van der Waals surface area (Å²) in [6.07, 6.45) is 3.55. The number of hydrogen-bond acceptors (Lipinski definition) is 3. The number of benzene rings is 1. The van der Waals surface area contributed by atoms with Gasteiger partial charge in [-0.3, -0.25) is 4.99 Å². The molecule has 1 aliphatic heterocycles. The van der Waals surface area contributed by atoms with Crippen molar-refractivity contribution in [1.82, 2.24) is 25.1 Å². The van der Waals surface area contributed by atoms with E-state index in [1.165, 1.54) is 31.4 Å². The van der Waals surface area contributed by atoms with Gasteiger partial charge < -0.3 is 20.1 Å². The van der Waals surface area contributed by atoms with E-state index in [0.29, 0.717) is 0 Å². The third-order valence-corrected chi connectivity index (χ3v) is 5.39. The Labute approximate surface area is 186 Å². The van der Waals surface area contributed by atoms with Crippen molar-refractivity contribution in [3.63, 3.8) is 0 Å². The standard InChI is InChI=1S/C21H34N6.HI/c1-4-22-21(24-16-18-10-14-26(3)15-11-18)23-12-7-13-27-17(2)25-19-8-5-6-9-20(19)27;/h5-6,8-9,18H,4,7,10-16H2,1-3H3,(H2,22,23,24);1H. The predicted molar refractivity (Wildman–Crippen MR) is 129 cm³/mol. The summed E-state index contributed by atoms with van der Waals surface area (Å²) in [5.41, 5.74) is 2.30. The molecule has 1 fully saturated rings. The molecule has 0 spiro atoms. The minimum absolute atomic E-state index is 0. The van der Waals surface area contributed by atoms with Gasteiger partial charge in [0.05, 0.1) is 11.0 Å². The van der Waals surface area contributed by atoms with Gasteiger partial charge in [-0.05, 0) is 71.3 Å². The lowest BCUT2D eigenvalue weighted by atomic mass is 9.97. The Morgan fingerprint density at radius 1 is 1.21 bits per heavy atom. The second-order valence-electron chi connectivity index (χ2n) is 7.55. The molecule has 7 heteroatoms. The number of guanidine groups is 1. The number of nitrogens with one attached hydrogen (secondary N) is 2. The number of imidazole rings is 1. The molecule has 0 saturated carbocycles. The fourth-order valence-electron chi connectivity index (χ4n) is 3.73. The molecule has 2 aromatic rings. The highest BCUT2D eigenvalue weighted by Crippen LogP contribution is 2.16. The number of likely N-dealkylation sites (tertiary alicyclic amines) is 1. The molecule has 0 atom stereocenters. The molecule has 2 heterocycles. The Kier molecular flexibility index (Phi) is 9.50. The maximum atomic E-state index is 4.82. The van der Waals surface area contributed by atoms with Gasteiger partial charge in [-0.1, -0.05) is 12.1 Å². The summed E-state index contributed by atoms with van der Waals surface area (Å²) in [5, 5.41) is 6.87. The molecule has 1 aromatic heterocycles. The number of hydrogen-bond donors (Lipinski definition) is 2. The molecule has 0 radical (unpaired) electrons. The SMILES string of the molecule is CCNC(=NCC1CCN(C)CC1)NCCCn1c(C)nc2ccccc21.I. The molecule has 6 nitrogen and oxygen atoms in total. The van der Waals surface area contributed by atoms with E-state index in [2.05, 4.69) is 64.2 Å². The van der Waals surface area contributed by atoms with E-state index in [9.17, 15) is 0 Å². The van der Waals surface area contributed by atoms with Gasteiger partial charge in [-0.2, -0.15) is 0 Å². The van der Waals surface area contributed by atoms with Gasteiger partial charge in [0.15, 0.2) is 5.96 Å². The van der Waals surface area contributed by atoms with Crippen LogP contribution in [0.2, 0.25) is 0 Å². The molecule has 1 aliphatic rings. The van der Waals surface area contributed by atoms with E-state index in [-0.39, 0.29) is 24.0 Å². The highest BCUT2D eigenvalue weighted by molar-refractivity contribution is 14.0. The zero-order valence-electron chi connectivity index (χ0n) is 17.4. The number of piperidine rings is 1. The van der Waals surface area contributed by atoms with Crippen molar-refractivity contribution in [1.29, 1.82) is 0 Å². The first-order valence-corrected chi connectivity index (χ1v) is 10.3. The van der Waals surface area contributed by atoms with Gasteiger partial charge >= 0.3 is 0 Å². The van der Waals surface area contributed by atoms with Crippen molar-refractivity contribution in [3.05, 3.63) is 30.1 Å². The number of rotatable bonds is 7. The average molecular weight is 498 g/mol. The summed E-state index contributed by atoms with van der Waals surface area (Å²) in [7, 11) is 2.20. The van der Waals surface area contributed by atoms with Crippen molar-refractivity contribution in [2.45, 2.75) is 39.7 Å². The molecule has 1 aromatic carbocycles. The maximum absolute atomic E-state index is 4.82. The molecule has 2 N–H and O–H groups in total. The number of aryl methyl sites for hydroxylation is 2. The summed E-state index contributed by atoms with van der Waals surface area (Å²) in [4.78, 5) is 11.9. The van der Waals surface area contributed by atoms with E-state index in [4.69, 9.17) is 4.99 Å². The summed E-state index contributed by atoms with van der Waals surface area (Å²) in [6, 6.07) is 8.35. The van der Waals surface area contributed by atoms with Gasteiger partial charge in [0, 0.05) is 26.2 Å². The Morgan fingerprint density at radius 3 is 2.71 bits per heavy atom. The number of para-hydroxylation sites is 2. The molecule has 0 amide bonds. The van der Waals surface area contributed by atoms with E-state index in [0.717, 1.165) is 55.8 Å². The molecule has 0 aliphatic carbocycles. The van der Waals surface area contributed by atoms with Crippen molar-refractivity contribution >= 4 is 41.0 Å². The van der Waals surface area contributed by atoms with Crippen molar-refractivity contribution in [2.24, 2.45) is 10.9 Å². The highest BCUT2D eigenvalue weighted by Gasteiger charge is 2.16. The normalized spacial score (nSPS) is 16.2. The van der Waals surface area contributed by atoms with Crippen LogP contribution in [0.4, 0.5) is 0 Å². The van der Waals surface area contributed by atoms with Crippen molar-refractivity contribution in [2.75, 3.05) is 39.8 Å². The van der Waals surface area contributed by atoms with Crippen LogP contribution in [-0.2, 0) is 6.54 Å². The lowest BCUT2D eigenvalue weighted by Crippen LogP contribution is -2.39. The predicted octanol–water partition coefficient (Wildman–Crippen LogP) is 3.25. The van der Waals surface area contributed by atoms with E-state index in [1.54, 1.807) is 0 Å². The monoisotopic (exact) mass is 498 g/mol. The summed E-state index contributed by atoms with van der Waals surface area (Å²) in [6.45, 7) is 10.3. The third kappa shape index (κ3) is 6.34. The van der Waals surface area contributed by atoms with Crippen LogP contribution in [-0.4, -0.2) is 60.2 Å². The van der Waals surface area contributed by atoms with E-state index in [1.807, 2.05) is 6.07 Å². The number of aromatic nitrogens is 2. The molecule has 28 heavy (non-hydrogen) atoms. The van der Waals surface area contributed by atoms with Gasteiger partial charge in [-0.15, -0.1) is 24.0 Å². The largest absolute Gasteiger partial charge is 0.357 e. The van der Waals surface area contributed by atoms with E-state index < -0.39 is 0 Å². The smallest absolute Gasteiger partial charge is 0.191 e. The topological polar surface area (TPSA) is 57.5 Å². The average Bonchev–Trinajstić information content (AvgIpc) is 2.99. The van der Waals surface area contributed by atoms with Crippen LogP contribution in [0.5, 0.6) is 0 Å². The van der Waals surface area contributed by atoms with Gasteiger partial charge in [-0.25, -0.2) is 4.98 Å². The maximum Gasteiger partial charge on any atom is 0.191 e. The Bertz CT molecular complexity index is 748. The van der Waals surface area contributed by atoms with Crippen LogP contribution in [0.15, 0.2) is 29.3 Å². The number of nitrogens with zero attached hydrogens (tertiary/aromatic N) is 4. The van der Waals surface area contributed by atoms with Crippen LogP contribution in [0, 0.1) is 12.8 Å². The minimum atomic E-state index is 0. The van der Waals surface area contributed by atoms with Gasteiger partial charge in [0.2, 0.25) is 0 Å². The minimum Gasteiger partial charge on any atom is -0.357 e. The lowest BCUT2D eigenvalue weighted by Gasteiger charge is -2.28. The van der Waals surface area contributed by atoms with Crippen LogP contribution in [0.3, 0.4) is 0 Å². The van der Waals surface area contributed by atoms with Crippen LogP contribution < -0.4 is 10.6 Å². The summed E-state index contributed by atoms with van der Waals surface area (Å²) < 4.78 is 2.31. The van der Waals surface area contributed by atoms with Gasteiger partial charge in [0.1, 0.15) is 5.82 Å². The summed E-state index contributed by atoms with van der Waals surface area (Å²) in [5.74, 6) is 2.75. The molecular formula is C21H35IN6. The first-order valence-electron chi connectivity index (χ1n) is 10.3. The first-order chi connectivity index (χ1) is 13.2. The first kappa shape index (κ1) is 22.9. The zero-order chi connectivity index (χ0) is 19.1. The Morgan fingerprint density at radius 2 is 1.96 bits per heavy atom. The zero-order valence-corrected chi connectivity index (χ0v) is 19.8. The number of halogens is 1. The molecule has 1 saturated heterocycles. The number of aliphatic imine (C=N–C) groups is 1. The van der Waals surface area contributed by atoms with Crippen LogP contribution in [0.25, 0.3) is 11.0 Å². The highest BCUT2D eigenvalue weighted by atomic mass is 127. The molecular weight excluding hydrogens is 463 g/mol. The fraction of sp³-hybridized carbons (Fsp3) is 0.619. The second-order valence-corrected chi connectivity index (χ2v) is 7.55. The molecule has 0 unspecified atom stereocenters. The Balaban J connectivity index is 0.00000280. The van der Waals surface area contributed by atoms with E-state index >= 15 is 0 Å². The summed E-state index contributed by atoms with van der Waals surface area (Å²) >= 11 is 0. The molecule has 0 bridgehead atoms.